The van der Waals surface area contributed by atoms with Crippen molar-refractivity contribution in [2.75, 3.05) is 26.7 Å². The Balaban J connectivity index is 1.46. The van der Waals surface area contributed by atoms with Gasteiger partial charge in [-0.05, 0) is 62.6 Å². The molecule has 1 aliphatic carbocycles. The van der Waals surface area contributed by atoms with Crippen LogP contribution in [0.2, 0.25) is 0 Å². The monoisotopic (exact) mass is 412 g/mol. The number of amides is 2. The molecule has 30 heavy (non-hydrogen) atoms. The van der Waals surface area contributed by atoms with Crippen LogP contribution in [-0.2, 0) is 22.4 Å². The summed E-state index contributed by atoms with van der Waals surface area (Å²) in [6, 6.07) is 3.79. The Hall–Kier alpha value is -2.83. The van der Waals surface area contributed by atoms with E-state index in [0.29, 0.717) is 30.8 Å². The van der Waals surface area contributed by atoms with E-state index in [1.165, 1.54) is 0 Å². The van der Waals surface area contributed by atoms with Crippen molar-refractivity contribution in [1.29, 1.82) is 0 Å². The second kappa shape index (κ2) is 8.50. The third-order valence-electron chi connectivity index (χ3n) is 6.33. The molecule has 1 aromatic heterocycles. The molecule has 1 fully saturated rings. The molecular formula is C23H28N2O5. The molecule has 0 bridgehead atoms. The molecule has 4 rings (SSSR count). The lowest BCUT2D eigenvalue weighted by Crippen LogP contribution is -2.33. The van der Waals surface area contributed by atoms with Gasteiger partial charge in [0.15, 0.2) is 6.61 Å². The Morgan fingerprint density at radius 2 is 2.00 bits per heavy atom. The number of nitrogens with one attached hydrogen (secondary N) is 1. The standard InChI is InChI=1S/C23H28N2O5/c1-14-19(29-13-21(27)25-10-9-15(12-25)11-20(26)24-2)8-7-17-16-5-3-4-6-18(16)23(28)30-22(14)17/h7-8,15H,3-6,9-13H2,1-2H3,(H,24,26). The van der Waals surface area contributed by atoms with Crippen LogP contribution in [0.15, 0.2) is 21.3 Å². The number of aryl methyl sites for hydroxylation is 2. The van der Waals surface area contributed by atoms with E-state index in [2.05, 4.69) is 5.32 Å². The lowest BCUT2D eigenvalue weighted by Gasteiger charge is -2.19. The minimum atomic E-state index is -0.257. The average Bonchev–Trinajstić information content (AvgIpc) is 3.22. The second-order valence-corrected chi connectivity index (χ2v) is 8.28. The quantitative estimate of drug-likeness (QED) is 0.762. The number of benzene rings is 1. The van der Waals surface area contributed by atoms with Crippen molar-refractivity contribution < 1.29 is 18.7 Å². The number of nitrogens with zero attached hydrogens (tertiary/aromatic N) is 1. The molecule has 1 atom stereocenters. The first kappa shape index (κ1) is 20.4. The normalized spacial score (nSPS) is 18.3. The third-order valence-corrected chi connectivity index (χ3v) is 6.33. The number of hydrogen-bond donors (Lipinski definition) is 1. The van der Waals surface area contributed by atoms with Crippen molar-refractivity contribution >= 4 is 22.8 Å². The van der Waals surface area contributed by atoms with Crippen molar-refractivity contribution in [3.63, 3.8) is 0 Å². The number of carbonyl (C=O) groups excluding carboxylic acids is 2. The molecule has 1 aromatic carbocycles. The summed E-state index contributed by atoms with van der Waals surface area (Å²) in [4.78, 5) is 38.3. The minimum Gasteiger partial charge on any atom is -0.483 e. The number of carbonyl (C=O) groups is 2. The predicted octanol–water partition coefficient (Wildman–Crippen LogP) is 2.34. The van der Waals surface area contributed by atoms with Crippen molar-refractivity contribution in [2.24, 2.45) is 5.92 Å². The first-order chi connectivity index (χ1) is 14.5. The molecule has 0 saturated carbocycles. The fraction of sp³-hybridized carbons (Fsp3) is 0.522. The van der Waals surface area contributed by atoms with Gasteiger partial charge in [0.25, 0.3) is 5.91 Å². The smallest absolute Gasteiger partial charge is 0.339 e. The third kappa shape index (κ3) is 3.93. The topological polar surface area (TPSA) is 88.9 Å². The second-order valence-electron chi connectivity index (χ2n) is 8.28. The molecular weight excluding hydrogens is 384 g/mol. The highest BCUT2D eigenvalue weighted by atomic mass is 16.5. The van der Waals surface area contributed by atoms with Gasteiger partial charge in [-0.15, -0.1) is 0 Å². The Bertz CT molecular complexity index is 1040. The number of likely N-dealkylation sites (tertiary alicyclic amines) is 1. The van der Waals surface area contributed by atoms with Gasteiger partial charge in [-0.1, -0.05) is 0 Å². The summed E-state index contributed by atoms with van der Waals surface area (Å²) in [7, 11) is 1.62. The molecule has 160 valence electrons. The molecule has 1 saturated heterocycles. The summed E-state index contributed by atoms with van der Waals surface area (Å²) in [6.45, 7) is 3.00. The van der Waals surface area contributed by atoms with E-state index in [4.69, 9.17) is 9.15 Å². The molecule has 2 aromatic rings. The van der Waals surface area contributed by atoms with Crippen molar-refractivity contribution in [1.82, 2.24) is 10.2 Å². The lowest BCUT2D eigenvalue weighted by molar-refractivity contribution is -0.132. The summed E-state index contributed by atoms with van der Waals surface area (Å²) in [6.07, 6.45) is 5.02. The van der Waals surface area contributed by atoms with Gasteiger partial charge in [0.1, 0.15) is 11.3 Å². The van der Waals surface area contributed by atoms with E-state index in [1.807, 2.05) is 19.1 Å². The molecule has 1 aliphatic heterocycles. The molecule has 2 heterocycles. The van der Waals surface area contributed by atoms with Gasteiger partial charge in [-0.2, -0.15) is 0 Å². The van der Waals surface area contributed by atoms with Gasteiger partial charge in [0.2, 0.25) is 5.91 Å². The lowest BCUT2D eigenvalue weighted by atomic mass is 9.90. The summed E-state index contributed by atoms with van der Waals surface area (Å²) in [5.74, 6) is 0.648. The van der Waals surface area contributed by atoms with Crippen LogP contribution >= 0.6 is 0 Å². The maximum absolute atomic E-state index is 12.6. The van der Waals surface area contributed by atoms with Crippen LogP contribution in [0.4, 0.5) is 0 Å². The van der Waals surface area contributed by atoms with E-state index in [-0.39, 0.29) is 30.0 Å². The number of ether oxygens (including phenoxy) is 1. The van der Waals surface area contributed by atoms with Gasteiger partial charge >= 0.3 is 5.63 Å². The minimum absolute atomic E-state index is 0.000943. The zero-order valence-electron chi connectivity index (χ0n) is 17.6. The number of rotatable bonds is 5. The SMILES string of the molecule is CNC(=O)CC1CCN(C(=O)COc2ccc3c4c(c(=O)oc3c2C)CCCC4)C1. The Morgan fingerprint density at radius 1 is 1.23 bits per heavy atom. The van der Waals surface area contributed by atoms with Crippen LogP contribution in [0.5, 0.6) is 5.75 Å². The number of fused-ring (bicyclic) bond motifs is 3. The Morgan fingerprint density at radius 3 is 2.77 bits per heavy atom. The maximum Gasteiger partial charge on any atom is 0.339 e. The molecule has 1 unspecified atom stereocenters. The first-order valence-corrected chi connectivity index (χ1v) is 10.7. The van der Waals surface area contributed by atoms with Gasteiger partial charge in [-0.3, -0.25) is 9.59 Å². The van der Waals surface area contributed by atoms with Crippen LogP contribution in [0.3, 0.4) is 0 Å². The zero-order valence-corrected chi connectivity index (χ0v) is 17.6. The van der Waals surface area contributed by atoms with E-state index >= 15 is 0 Å². The Kier molecular flexibility index (Phi) is 5.79. The van der Waals surface area contributed by atoms with Crippen molar-refractivity contribution in [2.45, 2.75) is 45.4 Å². The molecule has 7 nitrogen and oxygen atoms in total. The molecule has 1 N–H and O–H groups in total. The molecule has 2 aliphatic rings. The van der Waals surface area contributed by atoms with Crippen LogP contribution in [0.1, 0.15) is 42.4 Å². The zero-order chi connectivity index (χ0) is 21.3. The molecule has 7 heteroatoms. The highest BCUT2D eigenvalue weighted by Gasteiger charge is 2.28. The molecule has 2 amide bonds. The van der Waals surface area contributed by atoms with Crippen LogP contribution in [0, 0.1) is 12.8 Å². The summed E-state index contributed by atoms with van der Waals surface area (Å²) in [5.41, 5.74) is 2.93. The summed E-state index contributed by atoms with van der Waals surface area (Å²) >= 11 is 0. The van der Waals surface area contributed by atoms with Crippen molar-refractivity contribution in [3.05, 3.63) is 39.2 Å². The maximum atomic E-state index is 12.6. The largest absolute Gasteiger partial charge is 0.483 e. The fourth-order valence-corrected chi connectivity index (χ4v) is 4.60. The Labute approximate surface area is 175 Å². The van der Waals surface area contributed by atoms with Gasteiger partial charge in [0, 0.05) is 43.1 Å². The van der Waals surface area contributed by atoms with Gasteiger partial charge < -0.3 is 19.4 Å². The van der Waals surface area contributed by atoms with E-state index in [0.717, 1.165) is 54.2 Å². The van der Waals surface area contributed by atoms with Gasteiger partial charge in [-0.25, -0.2) is 4.79 Å². The highest BCUT2D eigenvalue weighted by molar-refractivity contribution is 5.86. The van der Waals surface area contributed by atoms with E-state index < -0.39 is 0 Å². The fourth-order valence-electron chi connectivity index (χ4n) is 4.60. The van der Waals surface area contributed by atoms with Crippen molar-refractivity contribution in [3.8, 4) is 5.75 Å². The highest BCUT2D eigenvalue weighted by Crippen LogP contribution is 2.32. The molecule has 0 radical (unpaired) electrons. The predicted molar refractivity (Wildman–Crippen MR) is 113 cm³/mol. The average molecular weight is 412 g/mol. The first-order valence-electron chi connectivity index (χ1n) is 10.7. The summed E-state index contributed by atoms with van der Waals surface area (Å²) < 4.78 is 11.4. The van der Waals surface area contributed by atoms with Gasteiger partial charge in [0.05, 0.1) is 0 Å². The van der Waals surface area contributed by atoms with Crippen LogP contribution < -0.4 is 15.7 Å². The van der Waals surface area contributed by atoms with Crippen LogP contribution in [0.25, 0.3) is 11.0 Å². The summed E-state index contributed by atoms with van der Waals surface area (Å²) in [5, 5.41) is 3.60. The number of hydrogen-bond acceptors (Lipinski definition) is 5. The van der Waals surface area contributed by atoms with E-state index in [9.17, 15) is 14.4 Å². The van der Waals surface area contributed by atoms with E-state index in [1.54, 1.807) is 11.9 Å². The van der Waals surface area contributed by atoms with Crippen LogP contribution in [-0.4, -0.2) is 43.5 Å². The molecule has 0 spiro atoms.